The number of nitro benzene ring substituents is 1. The van der Waals surface area contributed by atoms with Crippen molar-refractivity contribution in [2.45, 2.75) is 0 Å². The van der Waals surface area contributed by atoms with Gasteiger partial charge < -0.3 is 15.4 Å². The van der Waals surface area contributed by atoms with Gasteiger partial charge in [0, 0.05) is 23.6 Å². The van der Waals surface area contributed by atoms with Gasteiger partial charge in [-0.1, -0.05) is 15.9 Å². The van der Waals surface area contributed by atoms with Crippen LogP contribution in [0.3, 0.4) is 0 Å². The standard InChI is InChI=1S/C11H12BrN3O4/c12-7-5-8(11(13)16)10(9(6-7)15(17)18)14-1-3-19-4-2-14/h5-6H,1-4H2,(H2,13,16). The van der Waals surface area contributed by atoms with Crippen molar-refractivity contribution in [2.24, 2.45) is 5.73 Å². The molecule has 1 fully saturated rings. The van der Waals surface area contributed by atoms with Crippen LogP contribution in [0.1, 0.15) is 10.4 Å². The molecule has 2 rings (SSSR count). The molecule has 19 heavy (non-hydrogen) atoms. The van der Waals surface area contributed by atoms with E-state index in [0.29, 0.717) is 30.8 Å². The van der Waals surface area contributed by atoms with Gasteiger partial charge in [0.2, 0.25) is 0 Å². The molecule has 1 saturated heterocycles. The Morgan fingerprint density at radius 3 is 2.58 bits per heavy atom. The molecule has 1 aliphatic rings. The van der Waals surface area contributed by atoms with Crippen LogP contribution in [-0.4, -0.2) is 37.1 Å². The lowest BCUT2D eigenvalue weighted by Gasteiger charge is -2.29. The number of primary amides is 1. The van der Waals surface area contributed by atoms with Crippen molar-refractivity contribution >= 4 is 33.2 Å². The molecule has 7 nitrogen and oxygen atoms in total. The molecule has 0 aliphatic carbocycles. The molecule has 0 aromatic heterocycles. The van der Waals surface area contributed by atoms with Crippen LogP contribution in [0.15, 0.2) is 16.6 Å². The highest BCUT2D eigenvalue weighted by Crippen LogP contribution is 2.35. The third-order valence-corrected chi connectivity index (χ3v) is 3.30. The van der Waals surface area contributed by atoms with E-state index < -0.39 is 10.8 Å². The van der Waals surface area contributed by atoms with Crippen molar-refractivity contribution in [3.8, 4) is 0 Å². The zero-order chi connectivity index (χ0) is 14.0. The SMILES string of the molecule is NC(=O)c1cc(Br)cc([N+](=O)[O-])c1N1CCOCC1. The van der Waals surface area contributed by atoms with E-state index in [-0.39, 0.29) is 16.9 Å². The van der Waals surface area contributed by atoms with Crippen molar-refractivity contribution in [3.63, 3.8) is 0 Å². The Labute approximate surface area is 117 Å². The Hall–Kier alpha value is -1.67. The van der Waals surface area contributed by atoms with Crippen molar-refractivity contribution in [3.05, 3.63) is 32.3 Å². The molecule has 0 saturated carbocycles. The van der Waals surface area contributed by atoms with Gasteiger partial charge in [0.05, 0.1) is 23.7 Å². The number of nitro groups is 1. The molecule has 102 valence electrons. The fourth-order valence-electron chi connectivity index (χ4n) is 2.03. The van der Waals surface area contributed by atoms with Crippen molar-refractivity contribution in [2.75, 3.05) is 31.2 Å². The molecule has 1 aromatic rings. The number of nitrogens with two attached hydrogens (primary N) is 1. The minimum absolute atomic E-state index is 0.134. The number of anilines is 1. The second-order valence-corrected chi connectivity index (χ2v) is 4.96. The third kappa shape index (κ3) is 2.85. The number of hydrogen-bond donors (Lipinski definition) is 1. The van der Waals surface area contributed by atoms with Crippen LogP contribution in [0, 0.1) is 10.1 Å². The summed E-state index contributed by atoms with van der Waals surface area (Å²) in [5.41, 5.74) is 5.59. The number of rotatable bonds is 3. The van der Waals surface area contributed by atoms with Crippen LogP contribution in [0.5, 0.6) is 0 Å². The summed E-state index contributed by atoms with van der Waals surface area (Å²) < 4.78 is 5.66. The number of amides is 1. The van der Waals surface area contributed by atoms with Gasteiger partial charge in [0.25, 0.3) is 11.6 Å². The van der Waals surface area contributed by atoms with Gasteiger partial charge in [-0.2, -0.15) is 0 Å². The highest BCUT2D eigenvalue weighted by atomic mass is 79.9. The minimum Gasteiger partial charge on any atom is -0.378 e. The highest BCUT2D eigenvalue weighted by molar-refractivity contribution is 9.10. The Balaban J connectivity index is 2.59. The van der Waals surface area contributed by atoms with Crippen LogP contribution < -0.4 is 10.6 Å². The summed E-state index contributed by atoms with van der Waals surface area (Å²) in [5, 5.41) is 11.2. The van der Waals surface area contributed by atoms with Gasteiger partial charge in [0.1, 0.15) is 5.69 Å². The minimum atomic E-state index is -0.689. The Morgan fingerprint density at radius 2 is 2.05 bits per heavy atom. The van der Waals surface area contributed by atoms with E-state index in [4.69, 9.17) is 10.5 Å². The smallest absolute Gasteiger partial charge is 0.294 e. The van der Waals surface area contributed by atoms with Crippen LogP contribution in [-0.2, 0) is 4.74 Å². The van der Waals surface area contributed by atoms with E-state index >= 15 is 0 Å². The van der Waals surface area contributed by atoms with Crippen LogP contribution in [0.25, 0.3) is 0 Å². The van der Waals surface area contributed by atoms with Gasteiger partial charge in [-0.05, 0) is 6.07 Å². The first-order chi connectivity index (χ1) is 9.00. The van der Waals surface area contributed by atoms with E-state index in [1.165, 1.54) is 12.1 Å². The maximum atomic E-state index is 11.5. The summed E-state index contributed by atoms with van der Waals surface area (Å²) in [6, 6.07) is 2.87. The van der Waals surface area contributed by atoms with Gasteiger partial charge in [-0.15, -0.1) is 0 Å². The average molecular weight is 330 g/mol. The van der Waals surface area contributed by atoms with Crippen LogP contribution in [0.2, 0.25) is 0 Å². The van der Waals surface area contributed by atoms with Gasteiger partial charge in [-0.3, -0.25) is 14.9 Å². The summed E-state index contributed by atoms with van der Waals surface area (Å²) in [5.74, 6) is -0.689. The molecule has 0 radical (unpaired) electrons. The topological polar surface area (TPSA) is 98.7 Å². The quantitative estimate of drug-likeness (QED) is 0.665. The normalized spacial score (nSPS) is 15.3. The van der Waals surface area contributed by atoms with E-state index in [2.05, 4.69) is 15.9 Å². The zero-order valence-electron chi connectivity index (χ0n) is 9.97. The van der Waals surface area contributed by atoms with Crippen molar-refractivity contribution in [1.29, 1.82) is 0 Å². The van der Waals surface area contributed by atoms with E-state index in [1.807, 2.05) is 0 Å². The fourth-order valence-corrected chi connectivity index (χ4v) is 2.48. The molecule has 1 aromatic carbocycles. The van der Waals surface area contributed by atoms with Crippen molar-refractivity contribution < 1.29 is 14.5 Å². The number of benzene rings is 1. The number of carbonyl (C=O) groups excluding carboxylic acids is 1. The Morgan fingerprint density at radius 1 is 1.42 bits per heavy atom. The number of ether oxygens (including phenoxy) is 1. The first-order valence-corrected chi connectivity index (χ1v) is 6.40. The van der Waals surface area contributed by atoms with Crippen LogP contribution in [0.4, 0.5) is 11.4 Å². The predicted octanol–water partition coefficient (Wildman–Crippen LogP) is 1.29. The van der Waals surface area contributed by atoms with E-state index in [1.54, 1.807) is 4.90 Å². The first kappa shape index (κ1) is 13.8. The summed E-state index contributed by atoms with van der Waals surface area (Å²) in [4.78, 5) is 23.9. The molecule has 0 atom stereocenters. The zero-order valence-corrected chi connectivity index (χ0v) is 11.6. The number of nitrogens with zero attached hydrogens (tertiary/aromatic N) is 2. The molecule has 1 aliphatic heterocycles. The summed E-state index contributed by atoms with van der Waals surface area (Å²) in [6.45, 7) is 1.91. The number of morpholine rings is 1. The number of carbonyl (C=O) groups is 1. The van der Waals surface area contributed by atoms with Gasteiger partial charge >= 0.3 is 0 Å². The molecule has 1 amide bonds. The van der Waals surface area contributed by atoms with E-state index in [0.717, 1.165) is 0 Å². The fraction of sp³-hybridized carbons (Fsp3) is 0.364. The largest absolute Gasteiger partial charge is 0.378 e. The average Bonchev–Trinajstić information content (AvgIpc) is 2.38. The molecule has 1 heterocycles. The number of halogens is 1. The van der Waals surface area contributed by atoms with Gasteiger partial charge in [-0.25, -0.2) is 0 Å². The highest BCUT2D eigenvalue weighted by Gasteiger charge is 2.27. The first-order valence-electron chi connectivity index (χ1n) is 5.61. The van der Waals surface area contributed by atoms with Crippen molar-refractivity contribution in [1.82, 2.24) is 0 Å². The number of hydrogen-bond acceptors (Lipinski definition) is 5. The summed E-state index contributed by atoms with van der Waals surface area (Å²) in [6.07, 6.45) is 0. The molecular weight excluding hydrogens is 318 g/mol. The van der Waals surface area contributed by atoms with Gasteiger partial charge in [0.15, 0.2) is 0 Å². The van der Waals surface area contributed by atoms with Crippen LogP contribution >= 0.6 is 15.9 Å². The lowest BCUT2D eigenvalue weighted by molar-refractivity contribution is -0.384. The summed E-state index contributed by atoms with van der Waals surface area (Å²) >= 11 is 3.15. The molecule has 8 heteroatoms. The third-order valence-electron chi connectivity index (χ3n) is 2.84. The Bertz CT molecular complexity index is 494. The maximum Gasteiger partial charge on any atom is 0.294 e. The second-order valence-electron chi connectivity index (χ2n) is 4.04. The second kappa shape index (κ2) is 5.54. The lowest BCUT2D eigenvalue weighted by Crippen LogP contribution is -2.38. The molecule has 0 unspecified atom stereocenters. The molecule has 0 bridgehead atoms. The lowest BCUT2D eigenvalue weighted by atomic mass is 10.1. The predicted molar refractivity (Wildman–Crippen MR) is 72.3 cm³/mol. The monoisotopic (exact) mass is 329 g/mol. The summed E-state index contributed by atoms with van der Waals surface area (Å²) in [7, 11) is 0. The molecule has 0 spiro atoms. The van der Waals surface area contributed by atoms with E-state index in [9.17, 15) is 14.9 Å². The maximum absolute atomic E-state index is 11.5. The Kier molecular flexibility index (Phi) is 4.01. The molecular formula is C11H12BrN3O4. The molecule has 2 N–H and O–H groups in total.